The predicted molar refractivity (Wildman–Crippen MR) is 75.2 cm³/mol. The first kappa shape index (κ1) is 16.9. The van der Waals surface area contributed by atoms with Gasteiger partial charge in [-0.05, 0) is 31.5 Å². The van der Waals surface area contributed by atoms with E-state index < -0.39 is 10.0 Å². The highest BCUT2D eigenvalue weighted by atomic mass is 32.2. The second-order valence-corrected chi connectivity index (χ2v) is 5.87. The molecule has 1 aromatic rings. The SMILES string of the molecule is CCOc1ccc(S(=O)(=O)NCCCOC)cc1CO. The van der Waals surface area contributed by atoms with Crippen LogP contribution in [-0.2, 0) is 21.4 Å². The number of nitrogens with one attached hydrogen (secondary N) is 1. The molecule has 0 spiro atoms. The molecule has 0 aliphatic heterocycles. The fraction of sp³-hybridized carbons (Fsp3) is 0.538. The average Bonchev–Trinajstić information content (AvgIpc) is 2.44. The Hall–Kier alpha value is -1.15. The van der Waals surface area contributed by atoms with Crippen molar-refractivity contribution >= 4 is 10.0 Å². The maximum absolute atomic E-state index is 12.1. The largest absolute Gasteiger partial charge is 0.494 e. The predicted octanol–water partition coefficient (Wildman–Crippen LogP) is 0.892. The number of hydrogen-bond donors (Lipinski definition) is 2. The molecule has 0 saturated carbocycles. The van der Waals surface area contributed by atoms with Gasteiger partial charge in [0.1, 0.15) is 5.75 Å². The van der Waals surface area contributed by atoms with E-state index in [0.717, 1.165) is 0 Å². The molecule has 114 valence electrons. The number of aliphatic hydroxyl groups is 1. The zero-order valence-electron chi connectivity index (χ0n) is 11.8. The molecule has 0 amide bonds. The van der Waals surface area contributed by atoms with Crippen LogP contribution in [0.25, 0.3) is 0 Å². The van der Waals surface area contributed by atoms with Crippen LogP contribution in [0, 0.1) is 0 Å². The van der Waals surface area contributed by atoms with Crippen LogP contribution in [-0.4, -0.2) is 40.4 Å². The summed E-state index contributed by atoms with van der Waals surface area (Å²) in [6.45, 7) is 2.80. The number of sulfonamides is 1. The molecule has 2 N–H and O–H groups in total. The van der Waals surface area contributed by atoms with Crippen molar-refractivity contribution in [3.63, 3.8) is 0 Å². The average molecular weight is 303 g/mol. The molecule has 0 aliphatic carbocycles. The highest BCUT2D eigenvalue weighted by Crippen LogP contribution is 2.22. The Balaban J connectivity index is 2.84. The normalized spacial score (nSPS) is 11.6. The molecule has 0 heterocycles. The molecule has 1 rings (SSSR count). The van der Waals surface area contributed by atoms with Crippen molar-refractivity contribution in [2.45, 2.75) is 24.8 Å². The van der Waals surface area contributed by atoms with Crippen LogP contribution in [0.2, 0.25) is 0 Å². The van der Waals surface area contributed by atoms with Crippen molar-refractivity contribution in [1.29, 1.82) is 0 Å². The lowest BCUT2D eigenvalue weighted by atomic mass is 10.2. The highest BCUT2D eigenvalue weighted by molar-refractivity contribution is 7.89. The molecular formula is C13H21NO5S. The molecule has 0 fully saturated rings. The van der Waals surface area contributed by atoms with E-state index in [1.54, 1.807) is 13.2 Å². The van der Waals surface area contributed by atoms with E-state index >= 15 is 0 Å². The molecule has 0 bridgehead atoms. The molecule has 20 heavy (non-hydrogen) atoms. The van der Waals surface area contributed by atoms with Gasteiger partial charge in [0.25, 0.3) is 0 Å². The summed E-state index contributed by atoms with van der Waals surface area (Å²) in [6, 6.07) is 4.44. The van der Waals surface area contributed by atoms with Crippen molar-refractivity contribution in [1.82, 2.24) is 4.72 Å². The molecular weight excluding hydrogens is 282 g/mol. The Morgan fingerprint density at radius 3 is 2.70 bits per heavy atom. The molecule has 7 heteroatoms. The van der Waals surface area contributed by atoms with E-state index in [2.05, 4.69) is 4.72 Å². The summed E-state index contributed by atoms with van der Waals surface area (Å²) in [6.07, 6.45) is 0.597. The maximum atomic E-state index is 12.1. The van der Waals surface area contributed by atoms with Gasteiger partial charge >= 0.3 is 0 Å². The Labute approximate surface area is 119 Å². The van der Waals surface area contributed by atoms with Crippen LogP contribution >= 0.6 is 0 Å². The summed E-state index contributed by atoms with van der Waals surface area (Å²) in [5.41, 5.74) is 0.451. The lowest BCUT2D eigenvalue weighted by Crippen LogP contribution is -2.25. The van der Waals surface area contributed by atoms with E-state index in [0.29, 0.717) is 37.5 Å². The molecule has 0 atom stereocenters. The zero-order chi connectivity index (χ0) is 15.0. The third-order valence-electron chi connectivity index (χ3n) is 2.63. The van der Waals surface area contributed by atoms with E-state index in [9.17, 15) is 13.5 Å². The third-order valence-corrected chi connectivity index (χ3v) is 4.09. The molecule has 0 aliphatic rings. The van der Waals surface area contributed by atoms with Gasteiger partial charge in [0, 0.05) is 25.8 Å². The summed E-state index contributed by atoms with van der Waals surface area (Å²) < 4.78 is 36.8. The van der Waals surface area contributed by atoms with Crippen LogP contribution in [0.15, 0.2) is 23.1 Å². The molecule has 6 nitrogen and oxygen atoms in total. The van der Waals surface area contributed by atoms with Gasteiger partial charge in [-0.1, -0.05) is 0 Å². The number of rotatable bonds is 9. The lowest BCUT2D eigenvalue weighted by molar-refractivity contribution is 0.196. The third kappa shape index (κ3) is 4.75. The second-order valence-electron chi connectivity index (χ2n) is 4.10. The highest BCUT2D eigenvalue weighted by Gasteiger charge is 2.15. The van der Waals surface area contributed by atoms with Crippen molar-refractivity contribution < 1.29 is 23.0 Å². The number of aliphatic hydroxyl groups excluding tert-OH is 1. The Morgan fingerprint density at radius 2 is 2.10 bits per heavy atom. The number of hydrogen-bond acceptors (Lipinski definition) is 5. The van der Waals surface area contributed by atoms with Crippen molar-refractivity contribution in [3.05, 3.63) is 23.8 Å². The van der Waals surface area contributed by atoms with Crippen LogP contribution in [0.3, 0.4) is 0 Å². The summed E-state index contributed by atoms with van der Waals surface area (Å²) in [5.74, 6) is 0.494. The lowest BCUT2D eigenvalue weighted by Gasteiger charge is -2.11. The van der Waals surface area contributed by atoms with Gasteiger partial charge in [0.15, 0.2) is 0 Å². The van der Waals surface area contributed by atoms with E-state index in [4.69, 9.17) is 9.47 Å². The number of methoxy groups -OCH3 is 1. The summed E-state index contributed by atoms with van der Waals surface area (Å²) in [7, 11) is -2.01. The van der Waals surface area contributed by atoms with E-state index in [-0.39, 0.29) is 11.5 Å². The first-order chi connectivity index (χ1) is 9.55. The smallest absolute Gasteiger partial charge is 0.240 e. The summed E-state index contributed by atoms with van der Waals surface area (Å²) >= 11 is 0. The monoisotopic (exact) mass is 303 g/mol. The topological polar surface area (TPSA) is 84.9 Å². The van der Waals surface area contributed by atoms with Crippen LogP contribution in [0.4, 0.5) is 0 Å². The minimum atomic E-state index is -3.58. The minimum Gasteiger partial charge on any atom is -0.494 e. The molecule has 0 radical (unpaired) electrons. The van der Waals surface area contributed by atoms with Gasteiger partial charge in [0.2, 0.25) is 10.0 Å². The molecule has 0 saturated heterocycles. The fourth-order valence-corrected chi connectivity index (χ4v) is 2.77. The van der Waals surface area contributed by atoms with E-state index in [1.165, 1.54) is 12.1 Å². The standard InChI is InChI=1S/C13H21NO5S/c1-3-19-13-6-5-12(9-11(13)10-15)20(16,17)14-7-4-8-18-2/h5-6,9,14-15H,3-4,7-8,10H2,1-2H3. The van der Waals surface area contributed by atoms with Gasteiger partial charge in [-0.15, -0.1) is 0 Å². The van der Waals surface area contributed by atoms with Crippen LogP contribution in [0.1, 0.15) is 18.9 Å². The summed E-state index contributed by atoms with van der Waals surface area (Å²) in [5, 5.41) is 9.27. The number of benzene rings is 1. The Kier molecular flexibility index (Phi) is 6.94. The maximum Gasteiger partial charge on any atom is 0.240 e. The fourth-order valence-electron chi connectivity index (χ4n) is 1.65. The molecule has 0 unspecified atom stereocenters. The van der Waals surface area contributed by atoms with Gasteiger partial charge in [-0.2, -0.15) is 0 Å². The van der Waals surface area contributed by atoms with Crippen LogP contribution in [0.5, 0.6) is 5.75 Å². The van der Waals surface area contributed by atoms with Crippen molar-refractivity contribution in [2.24, 2.45) is 0 Å². The van der Waals surface area contributed by atoms with Gasteiger partial charge < -0.3 is 14.6 Å². The van der Waals surface area contributed by atoms with E-state index in [1.807, 2.05) is 6.92 Å². The second kappa shape index (κ2) is 8.21. The zero-order valence-corrected chi connectivity index (χ0v) is 12.6. The van der Waals surface area contributed by atoms with Gasteiger partial charge in [-0.3, -0.25) is 0 Å². The minimum absolute atomic E-state index is 0.113. The molecule has 1 aromatic carbocycles. The van der Waals surface area contributed by atoms with Crippen molar-refractivity contribution in [3.8, 4) is 5.75 Å². The van der Waals surface area contributed by atoms with Crippen LogP contribution < -0.4 is 9.46 Å². The van der Waals surface area contributed by atoms with Gasteiger partial charge in [0.05, 0.1) is 18.1 Å². The van der Waals surface area contributed by atoms with Gasteiger partial charge in [-0.25, -0.2) is 13.1 Å². The quantitative estimate of drug-likeness (QED) is 0.662. The summed E-state index contributed by atoms with van der Waals surface area (Å²) in [4.78, 5) is 0.113. The Bertz CT molecular complexity index is 515. The Morgan fingerprint density at radius 1 is 1.35 bits per heavy atom. The number of ether oxygens (including phenoxy) is 2. The van der Waals surface area contributed by atoms with Crippen molar-refractivity contribution in [2.75, 3.05) is 26.9 Å². The first-order valence-corrected chi connectivity index (χ1v) is 7.88. The first-order valence-electron chi connectivity index (χ1n) is 6.40. The molecule has 0 aromatic heterocycles.